The molecular weight excluding hydrogens is 160 g/mol. The van der Waals surface area contributed by atoms with Crippen LogP contribution < -0.4 is 0 Å². The van der Waals surface area contributed by atoms with Gasteiger partial charge in [0, 0.05) is 7.68 Å². The highest BCUT2D eigenvalue weighted by Crippen LogP contribution is 2.25. The number of hydrogen-bond donors (Lipinski definition) is 0. The van der Waals surface area contributed by atoms with Crippen LogP contribution in [0, 0.1) is 5.92 Å². The molecule has 0 aromatic carbocycles. The van der Waals surface area contributed by atoms with Gasteiger partial charge in [-0.15, -0.1) is 0 Å². The Hall–Kier alpha value is -0.0500. The van der Waals surface area contributed by atoms with Gasteiger partial charge in [0.25, 0.3) is 0 Å². The summed E-state index contributed by atoms with van der Waals surface area (Å²) in [6, 6.07) is 0. The Labute approximate surface area is 71.4 Å². The summed E-state index contributed by atoms with van der Waals surface area (Å²) in [5, 5.41) is 0. The summed E-state index contributed by atoms with van der Waals surface area (Å²) >= 11 is 0. The molecule has 0 heterocycles. The molecule has 0 radical (unpaired) electrons. The zero-order chi connectivity index (χ0) is 7.61. The van der Waals surface area contributed by atoms with Crippen LogP contribution >= 0.6 is 0 Å². The summed E-state index contributed by atoms with van der Waals surface area (Å²) in [6.45, 7) is 0. The minimum absolute atomic E-state index is 0. The van der Waals surface area contributed by atoms with Crippen LogP contribution in [0.15, 0.2) is 0 Å². The Morgan fingerprint density at radius 3 is 2.18 bits per heavy atom. The Bertz CT molecular complexity index is 193. The van der Waals surface area contributed by atoms with Gasteiger partial charge in [-0.25, -0.2) is 8.42 Å². The smallest absolute Gasteiger partial charge is 0.147 e. The van der Waals surface area contributed by atoms with Crippen molar-refractivity contribution in [3.8, 4) is 0 Å². The molecule has 1 fully saturated rings. The average Bonchev–Trinajstić information content (AvgIpc) is 2.12. The summed E-state index contributed by atoms with van der Waals surface area (Å²) in [7, 11) is -2.71. The number of hydrogen-bond acceptors (Lipinski definition) is 2. The van der Waals surface area contributed by atoms with Gasteiger partial charge < -0.3 is 0 Å². The third kappa shape index (κ3) is 4.40. The van der Waals surface area contributed by atoms with Gasteiger partial charge in [-0.05, 0) is 18.8 Å². The maximum Gasteiger partial charge on any atom is 0.147 e. The van der Waals surface area contributed by atoms with E-state index < -0.39 is 9.84 Å². The van der Waals surface area contributed by atoms with Crippen LogP contribution in [-0.2, 0) is 9.84 Å². The van der Waals surface area contributed by atoms with Gasteiger partial charge in [0.15, 0.2) is 0 Å². The lowest BCUT2D eigenvalue weighted by atomic mass is 10.1. The lowest BCUT2D eigenvalue weighted by Gasteiger charge is -2.04. The van der Waals surface area contributed by atoms with Crippen LogP contribution in [0.25, 0.3) is 0 Å². The van der Waals surface area contributed by atoms with Crippen molar-refractivity contribution in [3.63, 3.8) is 0 Å². The van der Waals surface area contributed by atoms with Gasteiger partial charge in [0.05, 0.1) is 5.75 Å². The van der Waals surface area contributed by atoms with E-state index in [4.69, 9.17) is 0 Å². The van der Waals surface area contributed by atoms with Crippen molar-refractivity contribution >= 4 is 9.84 Å². The molecule has 11 heavy (non-hydrogen) atoms. The first kappa shape index (κ1) is 11.0. The Morgan fingerprint density at radius 2 is 1.82 bits per heavy atom. The van der Waals surface area contributed by atoms with Crippen molar-refractivity contribution in [1.29, 1.82) is 0 Å². The van der Waals surface area contributed by atoms with E-state index in [1.54, 1.807) is 0 Å². The first-order chi connectivity index (χ1) is 4.58. The minimum atomic E-state index is -2.71. The fraction of sp³-hybridized carbons (Fsp3) is 1.00. The van der Waals surface area contributed by atoms with Crippen molar-refractivity contribution in [2.75, 3.05) is 12.0 Å². The van der Waals surface area contributed by atoms with Crippen molar-refractivity contribution in [2.45, 2.75) is 33.1 Å². The highest BCUT2D eigenvalue weighted by molar-refractivity contribution is 7.90. The third-order valence-electron chi connectivity index (χ3n) is 2.01. The minimum Gasteiger partial charge on any atom is -0.229 e. The largest absolute Gasteiger partial charge is 0.229 e. The predicted molar refractivity (Wildman–Crippen MR) is 50.5 cm³/mol. The van der Waals surface area contributed by atoms with E-state index in [0.717, 1.165) is 12.8 Å². The normalized spacial score (nSPS) is 19.7. The summed E-state index contributed by atoms with van der Waals surface area (Å²) in [6.07, 6.45) is 6.01. The molecule has 70 valence electrons. The standard InChI is InChI=1S/C7H14O2S.CH4.H2/c1-10(8,9)6-7-4-2-3-5-7;;/h7H,2-6H2,1H3;1H4;1H. The van der Waals surface area contributed by atoms with Crippen molar-refractivity contribution in [1.82, 2.24) is 0 Å². The van der Waals surface area contributed by atoms with Crippen molar-refractivity contribution in [2.24, 2.45) is 5.92 Å². The lowest BCUT2D eigenvalue weighted by molar-refractivity contribution is 0.563. The molecule has 0 aromatic rings. The SMILES string of the molecule is C.CS(=O)(=O)CC1CCCC1.[HH]. The number of sulfone groups is 1. The van der Waals surface area contributed by atoms with E-state index in [1.807, 2.05) is 0 Å². The van der Waals surface area contributed by atoms with E-state index >= 15 is 0 Å². The second-order valence-corrected chi connectivity index (χ2v) is 5.43. The second kappa shape index (κ2) is 4.10. The maximum absolute atomic E-state index is 10.8. The molecule has 0 spiro atoms. The Morgan fingerprint density at radius 1 is 1.36 bits per heavy atom. The van der Waals surface area contributed by atoms with E-state index in [9.17, 15) is 8.42 Å². The Balaban J connectivity index is 0. The highest BCUT2D eigenvalue weighted by atomic mass is 32.2. The van der Waals surface area contributed by atoms with E-state index in [0.29, 0.717) is 11.7 Å². The van der Waals surface area contributed by atoms with Crippen molar-refractivity contribution in [3.05, 3.63) is 0 Å². The lowest BCUT2D eigenvalue weighted by Crippen LogP contribution is -2.11. The molecule has 0 atom stereocenters. The molecule has 0 aromatic heterocycles. The van der Waals surface area contributed by atoms with Gasteiger partial charge >= 0.3 is 0 Å². The molecule has 3 heteroatoms. The molecule has 0 N–H and O–H groups in total. The summed E-state index contributed by atoms with van der Waals surface area (Å²) in [5.74, 6) is 0.877. The van der Waals surface area contributed by atoms with Crippen LogP contribution in [0.4, 0.5) is 0 Å². The fourth-order valence-electron chi connectivity index (χ4n) is 1.61. The highest BCUT2D eigenvalue weighted by Gasteiger charge is 2.18. The van der Waals surface area contributed by atoms with Crippen LogP contribution in [0.1, 0.15) is 34.5 Å². The molecule has 1 aliphatic rings. The summed E-state index contributed by atoms with van der Waals surface area (Å²) in [5.41, 5.74) is 0. The molecule has 0 bridgehead atoms. The molecule has 0 saturated heterocycles. The van der Waals surface area contributed by atoms with Gasteiger partial charge in [-0.2, -0.15) is 0 Å². The molecule has 1 rings (SSSR count). The first-order valence-electron chi connectivity index (χ1n) is 3.76. The molecular formula is C8H20O2S. The van der Waals surface area contributed by atoms with Crippen LogP contribution in [0.3, 0.4) is 0 Å². The van der Waals surface area contributed by atoms with E-state index in [-0.39, 0.29) is 8.85 Å². The maximum atomic E-state index is 10.8. The van der Waals surface area contributed by atoms with Gasteiger partial charge in [0.2, 0.25) is 0 Å². The second-order valence-electron chi connectivity index (χ2n) is 3.24. The van der Waals surface area contributed by atoms with Crippen molar-refractivity contribution < 1.29 is 9.84 Å². The van der Waals surface area contributed by atoms with Crippen LogP contribution in [0.2, 0.25) is 0 Å². The molecule has 0 amide bonds. The zero-order valence-electron chi connectivity index (χ0n) is 6.34. The third-order valence-corrected chi connectivity index (χ3v) is 3.09. The molecule has 0 aliphatic heterocycles. The topological polar surface area (TPSA) is 34.1 Å². The van der Waals surface area contributed by atoms with E-state index in [1.165, 1.54) is 19.1 Å². The fourth-order valence-corrected chi connectivity index (χ4v) is 2.79. The molecule has 2 nitrogen and oxygen atoms in total. The first-order valence-corrected chi connectivity index (χ1v) is 5.82. The average molecular weight is 180 g/mol. The molecule has 1 saturated carbocycles. The Kier molecular flexibility index (Phi) is 4.08. The van der Waals surface area contributed by atoms with Crippen LogP contribution in [-0.4, -0.2) is 20.4 Å². The summed E-state index contributed by atoms with van der Waals surface area (Å²) < 4.78 is 21.6. The monoisotopic (exact) mass is 180 g/mol. The zero-order valence-corrected chi connectivity index (χ0v) is 7.15. The quantitative estimate of drug-likeness (QED) is 0.652. The van der Waals surface area contributed by atoms with E-state index in [2.05, 4.69) is 0 Å². The number of rotatable bonds is 2. The molecule has 1 aliphatic carbocycles. The summed E-state index contributed by atoms with van der Waals surface area (Å²) in [4.78, 5) is 0. The molecule has 0 unspecified atom stereocenters. The van der Waals surface area contributed by atoms with Gasteiger partial charge in [0.1, 0.15) is 9.84 Å². The van der Waals surface area contributed by atoms with Crippen LogP contribution in [0.5, 0.6) is 0 Å². The van der Waals surface area contributed by atoms with Gasteiger partial charge in [-0.1, -0.05) is 20.3 Å². The predicted octanol–water partition coefficient (Wildman–Crippen LogP) is 2.10. The van der Waals surface area contributed by atoms with Gasteiger partial charge in [-0.3, -0.25) is 0 Å².